The Kier molecular flexibility index (Phi) is 5.42. The Labute approximate surface area is 133 Å². The monoisotopic (exact) mass is 311 g/mol. The van der Waals surface area contributed by atoms with Gasteiger partial charge in [0.25, 0.3) is 5.91 Å². The maximum Gasteiger partial charge on any atom is 0.280 e. The predicted octanol–water partition coefficient (Wildman–Crippen LogP) is 2.61. The minimum absolute atomic E-state index is 0.272. The second-order valence-corrected chi connectivity index (χ2v) is 4.65. The first kappa shape index (κ1) is 16.2. The Morgan fingerprint density at radius 2 is 2.00 bits per heavy atom. The Morgan fingerprint density at radius 1 is 1.30 bits per heavy atom. The highest BCUT2D eigenvalue weighted by atomic mass is 19.1. The van der Waals surface area contributed by atoms with Crippen molar-refractivity contribution < 1.29 is 13.9 Å². The summed E-state index contributed by atoms with van der Waals surface area (Å²) in [5.74, 6) is -0.431. The van der Waals surface area contributed by atoms with Crippen LogP contribution in [0.3, 0.4) is 0 Å². The molecule has 6 heteroatoms. The number of carbonyl (C=O) groups is 1. The van der Waals surface area contributed by atoms with E-state index in [4.69, 9.17) is 10.00 Å². The summed E-state index contributed by atoms with van der Waals surface area (Å²) < 4.78 is 18.8. The van der Waals surface area contributed by atoms with Crippen molar-refractivity contribution >= 4 is 12.1 Å². The molecule has 23 heavy (non-hydrogen) atoms. The first-order chi connectivity index (χ1) is 11.1. The molecular weight excluding hydrogens is 297 g/mol. The first-order valence-corrected chi connectivity index (χ1v) is 6.84. The van der Waals surface area contributed by atoms with Crippen molar-refractivity contribution in [2.45, 2.75) is 13.0 Å². The molecule has 1 atom stereocenters. The summed E-state index contributed by atoms with van der Waals surface area (Å²) >= 11 is 0. The Balaban J connectivity index is 1.89. The van der Waals surface area contributed by atoms with Gasteiger partial charge in [0, 0.05) is 5.56 Å². The zero-order valence-electron chi connectivity index (χ0n) is 12.4. The van der Waals surface area contributed by atoms with E-state index in [2.05, 4.69) is 10.5 Å². The van der Waals surface area contributed by atoms with Crippen molar-refractivity contribution in [1.29, 1.82) is 5.26 Å². The number of hydrogen-bond acceptors (Lipinski definition) is 4. The van der Waals surface area contributed by atoms with Gasteiger partial charge in [0.1, 0.15) is 11.6 Å². The number of hydrazone groups is 1. The standard InChI is InChI=1S/C17H14FN3O2/c1-12(23-15-8-6-13(10-19)7-9-15)17(22)21-20-11-14-4-2-3-5-16(14)18/h2-9,11-12H,1H3,(H,21,22). The van der Waals surface area contributed by atoms with Crippen LogP contribution in [-0.2, 0) is 4.79 Å². The van der Waals surface area contributed by atoms with Crippen LogP contribution in [0, 0.1) is 17.1 Å². The zero-order chi connectivity index (χ0) is 16.7. The van der Waals surface area contributed by atoms with E-state index < -0.39 is 17.8 Å². The van der Waals surface area contributed by atoms with Gasteiger partial charge in [0.05, 0.1) is 17.8 Å². The number of carbonyl (C=O) groups excluding carboxylic acids is 1. The lowest BCUT2D eigenvalue weighted by atomic mass is 10.2. The number of hydrogen-bond donors (Lipinski definition) is 1. The number of nitrogens with zero attached hydrogens (tertiary/aromatic N) is 2. The molecule has 0 aliphatic carbocycles. The zero-order valence-corrected chi connectivity index (χ0v) is 12.4. The number of benzene rings is 2. The van der Waals surface area contributed by atoms with Crippen LogP contribution in [0.5, 0.6) is 5.75 Å². The Hall–Kier alpha value is -3.20. The second-order valence-electron chi connectivity index (χ2n) is 4.65. The largest absolute Gasteiger partial charge is 0.481 e. The molecule has 5 nitrogen and oxygen atoms in total. The van der Waals surface area contributed by atoms with E-state index in [0.717, 1.165) is 0 Å². The van der Waals surface area contributed by atoms with Gasteiger partial charge in [-0.05, 0) is 37.3 Å². The number of halogens is 1. The third-order valence-electron chi connectivity index (χ3n) is 2.95. The third-order valence-corrected chi connectivity index (χ3v) is 2.95. The minimum Gasteiger partial charge on any atom is -0.481 e. The maximum absolute atomic E-state index is 13.4. The maximum atomic E-state index is 13.4. The molecule has 2 aromatic carbocycles. The molecule has 0 aliphatic rings. The van der Waals surface area contributed by atoms with Gasteiger partial charge in [-0.15, -0.1) is 0 Å². The molecule has 0 saturated heterocycles. The van der Waals surface area contributed by atoms with E-state index in [-0.39, 0.29) is 5.56 Å². The number of nitrogens with one attached hydrogen (secondary N) is 1. The highest BCUT2D eigenvalue weighted by molar-refractivity contribution is 5.84. The van der Waals surface area contributed by atoms with Gasteiger partial charge in [-0.3, -0.25) is 4.79 Å². The van der Waals surface area contributed by atoms with Gasteiger partial charge < -0.3 is 4.74 Å². The number of amides is 1. The number of rotatable bonds is 5. The molecule has 0 heterocycles. The molecule has 1 amide bonds. The average Bonchev–Trinajstić information content (AvgIpc) is 2.57. The molecule has 1 N–H and O–H groups in total. The predicted molar refractivity (Wildman–Crippen MR) is 83.4 cm³/mol. The normalized spacial score (nSPS) is 11.7. The van der Waals surface area contributed by atoms with E-state index in [1.54, 1.807) is 49.4 Å². The summed E-state index contributed by atoms with van der Waals surface area (Å²) in [4.78, 5) is 11.8. The van der Waals surface area contributed by atoms with Crippen LogP contribution >= 0.6 is 0 Å². The molecule has 0 spiro atoms. The summed E-state index contributed by atoms with van der Waals surface area (Å²) in [6.07, 6.45) is 0.433. The molecule has 0 fully saturated rings. The van der Waals surface area contributed by atoms with Gasteiger partial charge in [0.15, 0.2) is 6.10 Å². The van der Waals surface area contributed by atoms with Crippen molar-refractivity contribution in [2.75, 3.05) is 0 Å². The molecule has 116 valence electrons. The van der Waals surface area contributed by atoms with E-state index in [9.17, 15) is 9.18 Å². The van der Waals surface area contributed by atoms with Crippen LogP contribution in [0.1, 0.15) is 18.1 Å². The lowest BCUT2D eigenvalue weighted by Crippen LogP contribution is -2.33. The van der Waals surface area contributed by atoms with Gasteiger partial charge in [-0.1, -0.05) is 18.2 Å². The lowest BCUT2D eigenvalue weighted by molar-refractivity contribution is -0.127. The summed E-state index contributed by atoms with van der Waals surface area (Å²) in [7, 11) is 0. The van der Waals surface area contributed by atoms with Crippen LogP contribution < -0.4 is 10.2 Å². The average molecular weight is 311 g/mol. The summed E-state index contributed by atoms with van der Waals surface area (Å²) in [5.41, 5.74) is 3.06. The number of ether oxygens (including phenoxy) is 1. The molecule has 0 bridgehead atoms. The van der Waals surface area contributed by atoms with Gasteiger partial charge >= 0.3 is 0 Å². The van der Waals surface area contributed by atoms with Crippen molar-refractivity contribution in [2.24, 2.45) is 5.10 Å². The van der Waals surface area contributed by atoms with Crippen LogP contribution in [-0.4, -0.2) is 18.2 Å². The molecule has 0 aromatic heterocycles. The molecule has 0 saturated carbocycles. The van der Waals surface area contributed by atoms with Crippen molar-refractivity contribution in [3.8, 4) is 11.8 Å². The fourth-order valence-corrected chi connectivity index (χ4v) is 1.70. The van der Waals surface area contributed by atoms with E-state index in [1.807, 2.05) is 6.07 Å². The van der Waals surface area contributed by atoms with Crippen LogP contribution in [0.15, 0.2) is 53.6 Å². The highest BCUT2D eigenvalue weighted by Crippen LogP contribution is 2.13. The molecule has 0 radical (unpaired) electrons. The van der Waals surface area contributed by atoms with Gasteiger partial charge in [-0.25, -0.2) is 9.82 Å². The number of nitriles is 1. The third kappa shape index (κ3) is 4.64. The van der Waals surface area contributed by atoms with E-state index in [0.29, 0.717) is 11.3 Å². The fraction of sp³-hybridized carbons (Fsp3) is 0.118. The minimum atomic E-state index is -0.791. The highest BCUT2D eigenvalue weighted by Gasteiger charge is 2.13. The molecular formula is C17H14FN3O2. The van der Waals surface area contributed by atoms with Gasteiger partial charge in [0.2, 0.25) is 0 Å². The second kappa shape index (κ2) is 7.71. The van der Waals surface area contributed by atoms with Crippen LogP contribution in [0.25, 0.3) is 0 Å². The Morgan fingerprint density at radius 3 is 2.65 bits per heavy atom. The summed E-state index contributed by atoms with van der Waals surface area (Å²) in [6.45, 7) is 1.56. The smallest absolute Gasteiger partial charge is 0.280 e. The molecule has 0 aliphatic heterocycles. The fourth-order valence-electron chi connectivity index (χ4n) is 1.70. The van der Waals surface area contributed by atoms with Crippen LogP contribution in [0.4, 0.5) is 4.39 Å². The van der Waals surface area contributed by atoms with Gasteiger partial charge in [-0.2, -0.15) is 10.4 Å². The summed E-state index contributed by atoms with van der Waals surface area (Å²) in [6, 6.07) is 14.5. The quantitative estimate of drug-likeness (QED) is 0.681. The van der Waals surface area contributed by atoms with E-state index in [1.165, 1.54) is 12.3 Å². The van der Waals surface area contributed by atoms with Crippen molar-refractivity contribution in [3.63, 3.8) is 0 Å². The summed E-state index contributed by atoms with van der Waals surface area (Å²) in [5, 5.41) is 12.4. The van der Waals surface area contributed by atoms with Crippen LogP contribution in [0.2, 0.25) is 0 Å². The Bertz CT molecular complexity index is 751. The SMILES string of the molecule is CC(Oc1ccc(C#N)cc1)C(=O)NN=Cc1ccccc1F. The van der Waals surface area contributed by atoms with Crippen molar-refractivity contribution in [3.05, 3.63) is 65.5 Å². The molecule has 2 aromatic rings. The first-order valence-electron chi connectivity index (χ1n) is 6.84. The molecule has 2 rings (SSSR count). The van der Waals surface area contributed by atoms with E-state index >= 15 is 0 Å². The molecule has 1 unspecified atom stereocenters. The topological polar surface area (TPSA) is 74.5 Å². The lowest BCUT2D eigenvalue weighted by Gasteiger charge is -2.12. The van der Waals surface area contributed by atoms with Crippen molar-refractivity contribution in [1.82, 2.24) is 5.43 Å².